The van der Waals surface area contributed by atoms with Gasteiger partial charge in [0.15, 0.2) is 0 Å². The van der Waals surface area contributed by atoms with Crippen molar-refractivity contribution < 1.29 is 20.4 Å². The number of phenols is 2. The molecule has 2 aromatic rings. The van der Waals surface area contributed by atoms with E-state index in [-0.39, 0.29) is 18.1 Å². The minimum absolute atomic E-state index is 0.216. The zero-order chi connectivity index (χ0) is 20.6. The lowest BCUT2D eigenvalue weighted by Gasteiger charge is -2.43. The fraction of sp³-hybridized carbons (Fsp3) is 0.500. The maximum absolute atomic E-state index is 10.1. The van der Waals surface area contributed by atoms with Crippen LogP contribution in [0.1, 0.15) is 43.2 Å². The molecule has 0 aromatic heterocycles. The number of nitrogens with zero attached hydrogens (tertiary/aromatic N) is 1. The van der Waals surface area contributed by atoms with E-state index in [0.29, 0.717) is 18.6 Å². The maximum atomic E-state index is 10.1. The van der Waals surface area contributed by atoms with Gasteiger partial charge in [-0.25, -0.2) is 0 Å². The summed E-state index contributed by atoms with van der Waals surface area (Å²) in [5.74, 6) is 0.571. The molecule has 0 bridgehead atoms. The van der Waals surface area contributed by atoms with Crippen LogP contribution in [0.2, 0.25) is 0 Å². The second-order valence-corrected chi connectivity index (χ2v) is 8.18. The number of aliphatic hydroxyl groups excluding tert-OH is 2. The van der Waals surface area contributed by atoms with E-state index in [9.17, 15) is 20.4 Å². The molecule has 4 N–H and O–H groups in total. The van der Waals surface area contributed by atoms with Crippen LogP contribution in [0.5, 0.6) is 11.5 Å². The minimum Gasteiger partial charge on any atom is -0.508 e. The first kappa shape index (κ1) is 21.6. The van der Waals surface area contributed by atoms with Crippen LogP contribution in [-0.2, 0) is 12.8 Å². The number of hydrogen-bond donors (Lipinski definition) is 4. The van der Waals surface area contributed by atoms with Gasteiger partial charge < -0.3 is 20.4 Å². The van der Waals surface area contributed by atoms with Crippen molar-refractivity contribution in [3.05, 3.63) is 59.7 Å². The number of rotatable bonds is 9. The first-order valence-corrected chi connectivity index (χ1v) is 10.7. The molecule has 1 heterocycles. The molecule has 0 unspecified atom stereocenters. The van der Waals surface area contributed by atoms with Gasteiger partial charge in [-0.2, -0.15) is 0 Å². The summed E-state index contributed by atoms with van der Waals surface area (Å²) in [4.78, 5) is 2.41. The highest BCUT2D eigenvalue weighted by atomic mass is 16.3. The van der Waals surface area contributed by atoms with Crippen molar-refractivity contribution in [3.8, 4) is 11.5 Å². The lowest BCUT2D eigenvalue weighted by atomic mass is 9.88. The summed E-state index contributed by atoms with van der Waals surface area (Å²) in [6.45, 7) is 0.281. The van der Waals surface area contributed by atoms with Crippen LogP contribution in [0.4, 0.5) is 0 Å². The molecule has 5 heteroatoms. The van der Waals surface area contributed by atoms with Crippen LogP contribution >= 0.6 is 0 Å². The Morgan fingerprint density at radius 2 is 1.24 bits per heavy atom. The highest BCUT2D eigenvalue weighted by molar-refractivity contribution is 5.26. The Bertz CT molecular complexity index is 674. The van der Waals surface area contributed by atoms with Crippen LogP contribution in [0, 0.1) is 0 Å². The number of β-amino-alcohol motifs (C(OH)–C–C–N with tert-alkyl or cyclic N) is 1. The summed E-state index contributed by atoms with van der Waals surface area (Å²) in [5.41, 5.74) is 2.41. The van der Waals surface area contributed by atoms with E-state index in [1.807, 2.05) is 24.3 Å². The van der Waals surface area contributed by atoms with Crippen molar-refractivity contribution in [1.29, 1.82) is 0 Å². The van der Waals surface area contributed by atoms with Crippen LogP contribution in [0.25, 0.3) is 0 Å². The highest BCUT2D eigenvalue weighted by Gasteiger charge is 2.31. The van der Waals surface area contributed by atoms with Crippen LogP contribution in [-0.4, -0.2) is 56.7 Å². The lowest BCUT2D eigenvalue weighted by Crippen LogP contribution is -2.50. The predicted octanol–water partition coefficient (Wildman–Crippen LogP) is 3.24. The van der Waals surface area contributed by atoms with E-state index in [1.54, 1.807) is 24.3 Å². The Labute approximate surface area is 173 Å². The van der Waals surface area contributed by atoms with Gasteiger partial charge in [0.1, 0.15) is 11.5 Å². The lowest BCUT2D eigenvalue weighted by molar-refractivity contribution is 0.00214. The summed E-state index contributed by atoms with van der Waals surface area (Å²) >= 11 is 0. The standard InChI is InChI=1S/C24H33NO4/c26-17-24(29)16-25-20(10-4-18-6-12-22(27)13-7-18)2-1-3-21(25)11-5-19-8-14-23(28)15-9-19/h6-9,12-15,20-21,24,26-29H,1-5,10-11,16-17H2/t20-,21+,24-/m1/s1. The summed E-state index contributed by atoms with van der Waals surface area (Å²) in [7, 11) is 0. The van der Waals surface area contributed by atoms with Crippen molar-refractivity contribution in [2.75, 3.05) is 13.2 Å². The van der Waals surface area contributed by atoms with Crippen LogP contribution in [0.15, 0.2) is 48.5 Å². The molecular weight excluding hydrogens is 366 g/mol. The van der Waals surface area contributed by atoms with Gasteiger partial charge in [0.2, 0.25) is 0 Å². The molecule has 5 nitrogen and oxygen atoms in total. The van der Waals surface area contributed by atoms with E-state index < -0.39 is 6.10 Å². The van der Waals surface area contributed by atoms with Gasteiger partial charge in [-0.1, -0.05) is 30.7 Å². The van der Waals surface area contributed by atoms with Gasteiger partial charge in [-0.15, -0.1) is 0 Å². The quantitative estimate of drug-likeness (QED) is 0.520. The van der Waals surface area contributed by atoms with Crippen molar-refractivity contribution in [2.24, 2.45) is 0 Å². The third kappa shape index (κ3) is 6.46. The van der Waals surface area contributed by atoms with Crippen LogP contribution < -0.4 is 0 Å². The molecule has 158 valence electrons. The monoisotopic (exact) mass is 399 g/mol. The minimum atomic E-state index is -0.722. The molecule has 1 saturated heterocycles. The zero-order valence-electron chi connectivity index (χ0n) is 17.0. The molecule has 29 heavy (non-hydrogen) atoms. The molecule has 0 spiro atoms. The van der Waals surface area contributed by atoms with Gasteiger partial charge in [0.05, 0.1) is 12.7 Å². The number of benzene rings is 2. The second kappa shape index (κ2) is 10.6. The third-order valence-electron chi connectivity index (χ3n) is 6.05. The number of aliphatic hydroxyl groups is 2. The summed E-state index contributed by atoms with van der Waals surface area (Å²) in [6.07, 6.45) is 6.52. The summed E-state index contributed by atoms with van der Waals surface area (Å²) in [6, 6.07) is 15.5. The number of aryl methyl sites for hydroxylation is 2. The number of piperidine rings is 1. The van der Waals surface area contributed by atoms with Crippen molar-refractivity contribution in [1.82, 2.24) is 4.90 Å². The molecule has 0 amide bonds. The average molecular weight is 400 g/mol. The van der Waals surface area contributed by atoms with Crippen molar-refractivity contribution >= 4 is 0 Å². The average Bonchev–Trinajstić information content (AvgIpc) is 2.74. The topological polar surface area (TPSA) is 84.2 Å². The Balaban J connectivity index is 1.63. The van der Waals surface area contributed by atoms with E-state index in [4.69, 9.17) is 0 Å². The first-order chi connectivity index (χ1) is 14.0. The molecule has 3 atom stereocenters. The predicted molar refractivity (Wildman–Crippen MR) is 114 cm³/mol. The van der Waals surface area contributed by atoms with E-state index in [2.05, 4.69) is 4.90 Å². The number of aromatic hydroxyl groups is 2. The molecule has 0 radical (unpaired) electrons. The molecular formula is C24H33NO4. The van der Waals surface area contributed by atoms with Gasteiger partial charge in [0.25, 0.3) is 0 Å². The number of likely N-dealkylation sites (tertiary alicyclic amines) is 1. The third-order valence-corrected chi connectivity index (χ3v) is 6.05. The van der Waals surface area contributed by atoms with Gasteiger partial charge >= 0.3 is 0 Å². The molecule has 0 aliphatic carbocycles. The van der Waals surface area contributed by atoms with Crippen molar-refractivity contribution in [2.45, 2.75) is 63.1 Å². The summed E-state index contributed by atoms with van der Waals surface area (Å²) < 4.78 is 0. The number of hydrogen-bond acceptors (Lipinski definition) is 5. The Hall–Kier alpha value is -2.08. The van der Waals surface area contributed by atoms with Gasteiger partial charge in [-0.05, 0) is 73.9 Å². The molecule has 1 fully saturated rings. The number of phenolic OH excluding ortho intramolecular Hbond substituents is 2. The Morgan fingerprint density at radius 3 is 1.66 bits per heavy atom. The maximum Gasteiger partial charge on any atom is 0.115 e. The molecule has 1 aliphatic heterocycles. The Kier molecular flexibility index (Phi) is 7.92. The molecule has 2 aromatic carbocycles. The smallest absolute Gasteiger partial charge is 0.115 e. The van der Waals surface area contributed by atoms with Gasteiger partial charge in [0, 0.05) is 18.6 Å². The fourth-order valence-corrected chi connectivity index (χ4v) is 4.43. The normalized spacial score (nSPS) is 21.2. The van der Waals surface area contributed by atoms with Crippen molar-refractivity contribution in [3.63, 3.8) is 0 Å². The fourth-order valence-electron chi connectivity index (χ4n) is 4.43. The second-order valence-electron chi connectivity index (χ2n) is 8.18. The van der Waals surface area contributed by atoms with E-state index in [1.165, 1.54) is 17.5 Å². The molecule has 1 aliphatic rings. The van der Waals surface area contributed by atoms with E-state index in [0.717, 1.165) is 38.5 Å². The molecule has 0 saturated carbocycles. The SMILES string of the molecule is OC[C@H](O)CN1[C@@H](CCc2ccc(O)cc2)CCC[C@H]1CCc1ccc(O)cc1. The molecule has 3 rings (SSSR count). The zero-order valence-corrected chi connectivity index (χ0v) is 17.0. The first-order valence-electron chi connectivity index (χ1n) is 10.7. The largest absolute Gasteiger partial charge is 0.508 e. The van der Waals surface area contributed by atoms with E-state index >= 15 is 0 Å². The van der Waals surface area contributed by atoms with Gasteiger partial charge in [-0.3, -0.25) is 4.90 Å². The highest BCUT2D eigenvalue weighted by Crippen LogP contribution is 2.29. The Morgan fingerprint density at radius 1 is 0.793 bits per heavy atom. The van der Waals surface area contributed by atoms with Crippen LogP contribution in [0.3, 0.4) is 0 Å². The summed E-state index contributed by atoms with van der Waals surface area (Å²) in [5, 5.41) is 38.5.